The van der Waals surface area contributed by atoms with Gasteiger partial charge in [-0.05, 0) is 12.1 Å². The minimum Gasteiger partial charge on any atom is -0.441 e. The molecule has 0 radical (unpaired) electrons. The third-order valence-corrected chi connectivity index (χ3v) is 2.05. The summed E-state index contributed by atoms with van der Waals surface area (Å²) in [6.07, 6.45) is 1.44. The Hall–Kier alpha value is -2.24. The second kappa shape index (κ2) is 3.73. The summed E-state index contributed by atoms with van der Waals surface area (Å²) in [5.41, 5.74) is -0.153. The Morgan fingerprint density at radius 1 is 1.50 bits per heavy atom. The summed E-state index contributed by atoms with van der Waals surface area (Å²) in [7, 11) is 0. The van der Waals surface area contributed by atoms with E-state index in [-0.39, 0.29) is 0 Å². The lowest BCUT2D eigenvalue weighted by Gasteiger charge is -1.97. The molecule has 0 aliphatic heterocycles. The predicted octanol–water partition coefficient (Wildman–Crippen LogP) is 2.70. The minimum atomic E-state index is -0.870. The molecule has 6 heteroatoms. The minimum absolute atomic E-state index is 0.376. The van der Waals surface area contributed by atoms with Gasteiger partial charge in [-0.25, -0.2) is 4.98 Å². The van der Waals surface area contributed by atoms with E-state index in [1.54, 1.807) is 6.92 Å². The summed E-state index contributed by atoms with van der Waals surface area (Å²) in [6, 6.07) is 3.56. The van der Waals surface area contributed by atoms with Gasteiger partial charge in [0.2, 0.25) is 5.82 Å². The summed E-state index contributed by atoms with van der Waals surface area (Å²) in [5.74, 6) is -0.0486. The molecule has 0 spiro atoms. The topological polar surface area (TPSA) is 69.2 Å². The molecular weight excluding hydrogens is 215 g/mol. The molecule has 5 nitrogen and oxygen atoms in total. The van der Waals surface area contributed by atoms with Crippen LogP contribution in [0.25, 0.3) is 11.3 Å². The zero-order valence-electron chi connectivity index (χ0n) is 8.31. The molecule has 16 heavy (non-hydrogen) atoms. The molecule has 2 rings (SSSR count). The van der Waals surface area contributed by atoms with E-state index in [9.17, 15) is 14.5 Å². The number of halogens is 1. The highest BCUT2D eigenvalue weighted by molar-refractivity contribution is 5.60. The van der Waals surface area contributed by atoms with E-state index in [1.165, 1.54) is 12.3 Å². The van der Waals surface area contributed by atoms with Crippen molar-refractivity contribution >= 4 is 5.69 Å². The van der Waals surface area contributed by atoms with Crippen molar-refractivity contribution in [2.45, 2.75) is 6.92 Å². The molecule has 1 heterocycles. The fourth-order valence-electron chi connectivity index (χ4n) is 1.30. The van der Waals surface area contributed by atoms with Crippen molar-refractivity contribution in [3.63, 3.8) is 0 Å². The van der Waals surface area contributed by atoms with Gasteiger partial charge in [0.15, 0.2) is 11.7 Å². The van der Waals surface area contributed by atoms with E-state index >= 15 is 0 Å². The van der Waals surface area contributed by atoms with E-state index in [4.69, 9.17) is 4.42 Å². The molecule has 0 N–H and O–H groups in total. The Morgan fingerprint density at radius 3 is 2.81 bits per heavy atom. The normalized spacial score (nSPS) is 10.4. The number of benzene rings is 1. The van der Waals surface area contributed by atoms with Gasteiger partial charge in [0.25, 0.3) is 0 Å². The van der Waals surface area contributed by atoms with Crippen molar-refractivity contribution in [2.75, 3.05) is 0 Å². The van der Waals surface area contributed by atoms with E-state index in [2.05, 4.69) is 4.98 Å². The quantitative estimate of drug-likeness (QED) is 0.578. The van der Waals surface area contributed by atoms with Gasteiger partial charge in [-0.3, -0.25) is 10.1 Å². The first-order valence-corrected chi connectivity index (χ1v) is 4.44. The summed E-state index contributed by atoms with van der Waals surface area (Å²) in [5, 5.41) is 10.5. The summed E-state index contributed by atoms with van der Waals surface area (Å²) < 4.78 is 18.2. The van der Waals surface area contributed by atoms with Crippen molar-refractivity contribution in [3.8, 4) is 11.3 Å². The molecule has 0 aliphatic rings. The van der Waals surface area contributed by atoms with Crippen molar-refractivity contribution in [3.05, 3.63) is 46.2 Å². The van der Waals surface area contributed by atoms with Crippen molar-refractivity contribution < 1.29 is 13.7 Å². The highest BCUT2D eigenvalue weighted by atomic mass is 19.1. The average Bonchev–Trinajstić information content (AvgIpc) is 2.65. The van der Waals surface area contributed by atoms with Gasteiger partial charge >= 0.3 is 5.69 Å². The number of nitrogens with zero attached hydrogens (tertiary/aromatic N) is 2. The SMILES string of the molecule is Cc1ncc(-c2ccc(F)c([N+](=O)[O-])c2)o1. The van der Waals surface area contributed by atoms with E-state index < -0.39 is 16.4 Å². The van der Waals surface area contributed by atoms with Crippen LogP contribution in [0.5, 0.6) is 0 Å². The molecular formula is C10H7FN2O3. The zero-order valence-corrected chi connectivity index (χ0v) is 8.31. The Kier molecular flexibility index (Phi) is 2.40. The van der Waals surface area contributed by atoms with E-state index in [0.717, 1.165) is 12.1 Å². The summed E-state index contributed by atoms with van der Waals surface area (Å²) >= 11 is 0. The monoisotopic (exact) mass is 222 g/mol. The van der Waals surface area contributed by atoms with Crippen LogP contribution in [-0.4, -0.2) is 9.91 Å². The highest BCUT2D eigenvalue weighted by Gasteiger charge is 2.16. The summed E-state index contributed by atoms with van der Waals surface area (Å²) in [4.78, 5) is 13.6. The molecule has 0 fully saturated rings. The number of nitro groups is 1. The molecule has 0 saturated heterocycles. The number of rotatable bonds is 2. The predicted molar refractivity (Wildman–Crippen MR) is 53.3 cm³/mol. The van der Waals surface area contributed by atoms with Crippen molar-refractivity contribution in [1.82, 2.24) is 4.98 Å². The molecule has 0 aliphatic carbocycles. The first-order valence-electron chi connectivity index (χ1n) is 4.44. The number of nitro benzene ring substituents is 1. The highest BCUT2D eigenvalue weighted by Crippen LogP contribution is 2.26. The number of aryl methyl sites for hydroxylation is 1. The lowest BCUT2D eigenvalue weighted by molar-refractivity contribution is -0.387. The smallest absolute Gasteiger partial charge is 0.305 e. The molecule has 82 valence electrons. The molecule has 1 aromatic heterocycles. The fraction of sp³-hybridized carbons (Fsp3) is 0.100. The first-order chi connectivity index (χ1) is 7.58. The molecule has 1 aromatic carbocycles. The molecule has 2 aromatic rings. The molecule has 0 amide bonds. The second-order valence-corrected chi connectivity index (χ2v) is 3.17. The van der Waals surface area contributed by atoms with Crippen LogP contribution < -0.4 is 0 Å². The number of hydrogen-bond acceptors (Lipinski definition) is 4. The molecule has 0 atom stereocenters. The van der Waals surface area contributed by atoms with E-state index in [0.29, 0.717) is 17.2 Å². The maximum absolute atomic E-state index is 13.1. The second-order valence-electron chi connectivity index (χ2n) is 3.17. The maximum atomic E-state index is 13.1. The Balaban J connectivity index is 2.51. The van der Waals surface area contributed by atoms with Gasteiger partial charge in [-0.1, -0.05) is 0 Å². The number of aromatic nitrogens is 1. The third-order valence-electron chi connectivity index (χ3n) is 2.05. The van der Waals surface area contributed by atoms with Crippen LogP contribution in [0.1, 0.15) is 5.89 Å². The number of hydrogen-bond donors (Lipinski definition) is 0. The van der Waals surface area contributed by atoms with Crippen molar-refractivity contribution in [1.29, 1.82) is 0 Å². The van der Waals surface area contributed by atoms with Crippen LogP contribution in [-0.2, 0) is 0 Å². The van der Waals surface area contributed by atoms with E-state index in [1.807, 2.05) is 0 Å². The Labute approximate surface area is 89.7 Å². The summed E-state index contributed by atoms with van der Waals surface area (Å²) in [6.45, 7) is 1.65. The van der Waals surface area contributed by atoms with Gasteiger partial charge in [0.1, 0.15) is 0 Å². The Bertz CT molecular complexity index is 551. The lowest BCUT2D eigenvalue weighted by atomic mass is 10.1. The number of oxazole rings is 1. The van der Waals surface area contributed by atoms with Gasteiger partial charge in [-0.15, -0.1) is 0 Å². The average molecular weight is 222 g/mol. The lowest BCUT2D eigenvalue weighted by Crippen LogP contribution is -1.92. The zero-order chi connectivity index (χ0) is 11.7. The maximum Gasteiger partial charge on any atom is 0.305 e. The van der Waals surface area contributed by atoms with Gasteiger partial charge in [0.05, 0.1) is 11.1 Å². The van der Waals surface area contributed by atoms with Crippen LogP contribution in [0, 0.1) is 22.9 Å². The fourth-order valence-corrected chi connectivity index (χ4v) is 1.30. The van der Waals surface area contributed by atoms with Crippen LogP contribution in [0.2, 0.25) is 0 Å². The Morgan fingerprint density at radius 2 is 2.25 bits per heavy atom. The first kappa shape index (κ1) is 10.3. The molecule has 0 bridgehead atoms. The van der Waals surface area contributed by atoms with Gasteiger partial charge < -0.3 is 4.42 Å². The van der Waals surface area contributed by atoms with Gasteiger partial charge in [-0.2, -0.15) is 4.39 Å². The third kappa shape index (κ3) is 1.77. The van der Waals surface area contributed by atoms with Crippen LogP contribution in [0.15, 0.2) is 28.8 Å². The van der Waals surface area contributed by atoms with Crippen LogP contribution in [0.3, 0.4) is 0 Å². The van der Waals surface area contributed by atoms with Gasteiger partial charge in [0, 0.05) is 18.6 Å². The standard InChI is InChI=1S/C10H7FN2O3/c1-6-12-5-10(16-6)7-2-3-8(11)9(4-7)13(14)15/h2-5H,1H3. The molecule has 0 saturated carbocycles. The van der Waals surface area contributed by atoms with Crippen LogP contribution >= 0.6 is 0 Å². The van der Waals surface area contributed by atoms with Crippen molar-refractivity contribution in [2.24, 2.45) is 0 Å². The largest absolute Gasteiger partial charge is 0.441 e. The van der Waals surface area contributed by atoms with Crippen LogP contribution in [0.4, 0.5) is 10.1 Å². The molecule has 0 unspecified atom stereocenters.